The maximum absolute atomic E-state index is 5.90. The van der Waals surface area contributed by atoms with Gasteiger partial charge in [-0.2, -0.15) is 0 Å². The molecule has 0 fully saturated rings. The van der Waals surface area contributed by atoms with E-state index >= 15 is 0 Å². The molecule has 0 saturated heterocycles. The van der Waals surface area contributed by atoms with Gasteiger partial charge in [-0.05, 0) is 13.3 Å². The first-order valence-electron chi connectivity index (χ1n) is 5.89. The van der Waals surface area contributed by atoms with E-state index in [9.17, 15) is 0 Å². The molecule has 1 atom stereocenters. The molecule has 6 heteroatoms. The number of rotatable bonds is 5. The van der Waals surface area contributed by atoms with Gasteiger partial charge in [-0.3, -0.25) is 0 Å². The zero-order chi connectivity index (χ0) is 12.3. The topological polar surface area (TPSA) is 74.6 Å². The molecular formula is C11H18N6. The zero-order valence-electron chi connectivity index (χ0n) is 10.2. The summed E-state index contributed by atoms with van der Waals surface area (Å²) in [5.41, 5.74) is 7.87. The molecule has 0 bridgehead atoms. The number of nitrogens with zero attached hydrogens (tertiary/aromatic N) is 5. The van der Waals surface area contributed by atoms with Crippen molar-refractivity contribution in [3.05, 3.63) is 30.1 Å². The third-order valence-electron chi connectivity index (χ3n) is 2.84. The highest BCUT2D eigenvalue weighted by atomic mass is 15.4. The first-order valence-corrected chi connectivity index (χ1v) is 5.89. The van der Waals surface area contributed by atoms with Crippen molar-refractivity contribution in [1.29, 1.82) is 0 Å². The van der Waals surface area contributed by atoms with Gasteiger partial charge in [0.1, 0.15) is 0 Å². The van der Waals surface area contributed by atoms with E-state index in [0.717, 1.165) is 24.4 Å². The summed E-state index contributed by atoms with van der Waals surface area (Å²) < 4.78 is 3.88. The summed E-state index contributed by atoms with van der Waals surface area (Å²) in [7, 11) is 0. The van der Waals surface area contributed by atoms with Crippen molar-refractivity contribution in [2.45, 2.75) is 39.4 Å². The predicted molar refractivity (Wildman–Crippen MR) is 64.2 cm³/mol. The molecule has 1 unspecified atom stereocenters. The van der Waals surface area contributed by atoms with Gasteiger partial charge in [0, 0.05) is 6.54 Å². The number of aryl methyl sites for hydroxylation is 1. The quantitative estimate of drug-likeness (QED) is 0.836. The maximum atomic E-state index is 5.90. The molecule has 0 aliphatic carbocycles. The van der Waals surface area contributed by atoms with Gasteiger partial charge in [0.05, 0.1) is 42.7 Å². The van der Waals surface area contributed by atoms with Crippen LogP contribution in [0.2, 0.25) is 0 Å². The Kier molecular flexibility index (Phi) is 3.53. The second-order valence-electron chi connectivity index (χ2n) is 4.03. The zero-order valence-corrected chi connectivity index (χ0v) is 10.2. The molecule has 2 N–H and O–H groups in total. The van der Waals surface area contributed by atoms with E-state index in [2.05, 4.69) is 26.8 Å². The predicted octanol–water partition coefficient (Wildman–Crippen LogP) is 0.953. The highest BCUT2D eigenvalue weighted by molar-refractivity contribution is 5.03. The summed E-state index contributed by atoms with van der Waals surface area (Å²) in [5, 5.41) is 8.16. The third kappa shape index (κ3) is 2.52. The van der Waals surface area contributed by atoms with E-state index in [0.29, 0.717) is 6.54 Å². The van der Waals surface area contributed by atoms with Gasteiger partial charge >= 0.3 is 0 Å². The Morgan fingerprint density at radius 1 is 1.41 bits per heavy atom. The van der Waals surface area contributed by atoms with Crippen molar-refractivity contribution in [3.8, 4) is 0 Å². The van der Waals surface area contributed by atoms with E-state index in [4.69, 9.17) is 5.73 Å². The normalized spacial score (nSPS) is 12.9. The van der Waals surface area contributed by atoms with Crippen molar-refractivity contribution in [2.75, 3.05) is 0 Å². The Hall–Kier alpha value is -1.69. The molecule has 2 aromatic rings. The molecular weight excluding hydrogens is 216 g/mol. The summed E-state index contributed by atoms with van der Waals surface area (Å²) in [4.78, 5) is 4.12. The molecule has 0 spiro atoms. The smallest absolute Gasteiger partial charge is 0.0994 e. The lowest BCUT2D eigenvalue weighted by Crippen LogP contribution is -2.09. The van der Waals surface area contributed by atoms with Crippen LogP contribution in [0.25, 0.3) is 0 Å². The largest absolute Gasteiger partial charge is 0.333 e. The Morgan fingerprint density at radius 2 is 2.24 bits per heavy atom. The molecule has 0 saturated carbocycles. The Bertz CT molecular complexity index is 472. The van der Waals surface area contributed by atoms with Crippen molar-refractivity contribution >= 4 is 0 Å². The van der Waals surface area contributed by atoms with Gasteiger partial charge in [-0.1, -0.05) is 12.1 Å². The van der Waals surface area contributed by atoms with E-state index in [1.165, 1.54) is 0 Å². The molecule has 2 rings (SSSR count). The van der Waals surface area contributed by atoms with E-state index < -0.39 is 0 Å². The molecule has 0 amide bonds. The monoisotopic (exact) mass is 234 g/mol. The first kappa shape index (κ1) is 11.8. The maximum Gasteiger partial charge on any atom is 0.0994 e. The number of aromatic nitrogens is 5. The Morgan fingerprint density at radius 3 is 2.94 bits per heavy atom. The van der Waals surface area contributed by atoms with E-state index in [1.807, 2.05) is 25.6 Å². The number of nitrogens with two attached hydrogens (primary N) is 1. The summed E-state index contributed by atoms with van der Waals surface area (Å²) in [5.74, 6) is 0. The highest BCUT2D eigenvalue weighted by Gasteiger charge is 2.09. The molecule has 0 aliphatic heterocycles. The van der Waals surface area contributed by atoms with Crippen LogP contribution in [0.5, 0.6) is 0 Å². The van der Waals surface area contributed by atoms with Gasteiger partial charge in [0.15, 0.2) is 0 Å². The summed E-state index contributed by atoms with van der Waals surface area (Å²) in [6, 6.07) is -0.0279. The average Bonchev–Trinajstić information content (AvgIpc) is 2.97. The van der Waals surface area contributed by atoms with Crippen molar-refractivity contribution in [1.82, 2.24) is 24.5 Å². The highest BCUT2D eigenvalue weighted by Crippen LogP contribution is 2.10. The molecule has 92 valence electrons. The lowest BCUT2D eigenvalue weighted by Gasteiger charge is -2.04. The van der Waals surface area contributed by atoms with Crippen LogP contribution in [-0.4, -0.2) is 24.5 Å². The SMILES string of the molecule is CCC(N)c1cn(Cc2cncn2CC)nn1. The number of imidazole rings is 1. The van der Waals surface area contributed by atoms with Crippen LogP contribution in [0, 0.1) is 0 Å². The second-order valence-corrected chi connectivity index (χ2v) is 4.03. The molecule has 0 aromatic carbocycles. The fourth-order valence-electron chi connectivity index (χ4n) is 1.70. The first-order chi connectivity index (χ1) is 8.24. The molecule has 6 nitrogen and oxygen atoms in total. The van der Waals surface area contributed by atoms with E-state index in [-0.39, 0.29) is 6.04 Å². The van der Waals surface area contributed by atoms with Crippen LogP contribution < -0.4 is 5.73 Å². The standard InChI is InChI=1S/C11H18N6/c1-3-10(12)11-7-17(15-14-11)6-9-5-13-8-16(9)4-2/h5,7-8,10H,3-4,6,12H2,1-2H3. The van der Waals surface area contributed by atoms with Crippen LogP contribution in [-0.2, 0) is 13.1 Å². The molecule has 17 heavy (non-hydrogen) atoms. The van der Waals surface area contributed by atoms with Crippen molar-refractivity contribution < 1.29 is 0 Å². The van der Waals surface area contributed by atoms with Crippen LogP contribution in [0.15, 0.2) is 18.7 Å². The second kappa shape index (κ2) is 5.09. The molecule has 2 aromatic heterocycles. The Labute approximate surface area is 100 Å². The minimum absolute atomic E-state index is 0.0279. The summed E-state index contributed by atoms with van der Waals surface area (Å²) >= 11 is 0. The third-order valence-corrected chi connectivity index (χ3v) is 2.84. The average molecular weight is 234 g/mol. The van der Waals surface area contributed by atoms with Crippen LogP contribution in [0.3, 0.4) is 0 Å². The van der Waals surface area contributed by atoms with Gasteiger partial charge in [-0.25, -0.2) is 9.67 Å². The molecule has 0 aliphatic rings. The minimum Gasteiger partial charge on any atom is -0.333 e. The van der Waals surface area contributed by atoms with Crippen LogP contribution >= 0.6 is 0 Å². The van der Waals surface area contributed by atoms with Crippen LogP contribution in [0.4, 0.5) is 0 Å². The van der Waals surface area contributed by atoms with Gasteiger partial charge < -0.3 is 10.3 Å². The fraction of sp³-hybridized carbons (Fsp3) is 0.545. The lowest BCUT2D eigenvalue weighted by molar-refractivity contribution is 0.601. The summed E-state index contributed by atoms with van der Waals surface area (Å²) in [6.45, 7) is 5.71. The summed E-state index contributed by atoms with van der Waals surface area (Å²) in [6.07, 6.45) is 6.45. The lowest BCUT2D eigenvalue weighted by atomic mass is 10.2. The fourth-order valence-corrected chi connectivity index (χ4v) is 1.70. The molecule has 2 heterocycles. The molecule has 0 radical (unpaired) electrons. The number of hydrogen-bond donors (Lipinski definition) is 1. The van der Waals surface area contributed by atoms with Gasteiger partial charge in [0.2, 0.25) is 0 Å². The van der Waals surface area contributed by atoms with Crippen molar-refractivity contribution in [3.63, 3.8) is 0 Å². The van der Waals surface area contributed by atoms with E-state index in [1.54, 1.807) is 4.68 Å². The minimum atomic E-state index is -0.0279. The van der Waals surface area contributed by atoms with Gasteiger partial charge in [0.25, 0.3) is 0 Å². The van der Waals surface area contributed by atoms with Gasteiger partial charge in [-0.15, -0.1) is 5.10 Å². The van der Waals surface area contributed by atoms with Crippen LogP contribution in [0.1, 0.15) is 37.7 Å². The van der Waals surface area contributed by atoms with Crippen molar-refractivity contribution in [2.24, 2.45) is 5.73 Å². The Balaban J connectivity index is 2.11. The number of hydrogen-bond acceptors (Lipinski definition) is 4.